The van der Waals surface area contributed by atoms with Gasteiger partial charge in [-0.25, -0.2) is 4.98 Å². The number of amides is 1. The van der Waals surface area contributed by atoms with Crippen molar-refractivity contribution < 1.29 is 14.3 Å². The topological polar surface area (TPSA) is 91.4 Å². The molecule has 0 saturated carbocycles. The Labute approximate surface area is 259 Å². The van der Waals surface area contributed by atoms with E-state index in [2.05, 4.69) is 84.4 Å². The zero-order valence-electron chi connectivity index (χ0n) is 25.5. The first-order valence-corrected chi connectivity index (χ1v) is 15.1. The van der Waals surface area contributed by atoms with Crippen molar-refractivity contribution in [2.45, 2.75) is 20.4 Å². The second-order valence-electron chi connectivity index (χ2n) is 10.8. The Hall–Kier alpha value is -4.56. The molecule has 0 bridgehead atoms. The maximum absolute atomic E-state index is 12.8. The lowest BCUT2D eigenvalue weighted by Crippen LogP contribution is -2.27. The maximum Gasteiger partial charge on any atom is 0.251 e. The number of nitrogens with one attached hydrogen (secondary N) is 1. The lowest BCUT2D eigenvalue weighted by Gasteiger charge is -2.15. The Bertz CT molecular complexity index is 1630. The van der Waals surface area contributed by atoms with Crippen LogP contribution in [0, 0.1) is 13.8 Å². The van der Waals surface area contributed by atoms with Gasteiger partial charge in [0.05, 0.1) is 37.8 Å². The number of nitrogens with two attached hydrogens (primary N) is 1. The van der Waals surface area contributed by atoms with Crippen LogP contribution in [-0.2, 0) is 16.0 Å². The van der Waals surface area contributed by atoms with Gasteiger partial charge in [-0.3, -0.25) is 4.79 Å². The van der Waals surface area contributed by atoms with Crippen LogP contribution in [0.15, 0.2) is 103 Å². The number of carbonyl (C=O) groups is 1. The Morgan fingerprint density at radius 2 is 1.34 bits per heavy atom. The van der Waals surface area contributed by atoms with Gasteiger partial charge in [0, 0.05) is 41.9 Å². The van der Waals surface area contributed by atoms with Gasteiger partial charge in [-0.05, 0) is 31.5 Å². The van der Waals surface area contributed by atoms with E-state index >= 15 is 0 Å². The molecule has 3 N–H and O–H groups in total. The smallest absolute Gasteiger partial charge is 0.251 e. The zero-order chi connectivity index (χ0) is 30.7. The Morgan fingerprint density at radius 3 is 1.98 bits per heavy atom. The predicted octanol–water partition coefficient (Wildman–Crippen LogP) is 6.27. The molecule has 7 nitrogen and oxygen atoms in total. The fourth-order valence-electron chi connectivity index (χ4n) is 5.02. The molecule has 0 fully saturated rings. The summed E-state index contributed by atoms with van der Waals surface area (Å²) in [4.78, 5) is 18.0. The lowest BCUT2D eigenvalue weighted by molar-refractivity contribution is 0.0511. The SMILES string of the molecule is Cc1ccc(-c2nc(-c3ccccc3)n(Cc3ccc(C(=O)NCCOCCOCCN)cc3)c2-c2ccc(C)cc2)cc1. The molecule has 0 aliphatic rings. The summed E-state index contributed by atoms with van der Waals surface area (Å²) in [5.74, 6) is 0.765. The molecule has 7 heteroatoms. The summed E-state index contributed by atoms with van der Waals surface area (Å²) in [6.45, 7) is 7.61. The lowest BCUT2D eigenvalue weighted by atomic mass is 10.0. The van der Waals surface area contributed by atoms with Gasteiger partial charge in [0.25, 0.3) is 5.91 Å². The Morgan fingerprint density at radius 1 is 0.727 bits per heavy atom. The number of carbonyl (C=O) groups excluding carboxylic acids is 1. The number of imidazole rings is 1. The van der Waals surface area contributed by atoms with Crippen molar-refractivity contribution in [3.63, 3.8) is 0 Å². The monoisotopic (exact) mass is 588 g/mol. The van der Waals surface area contributed by atoms with Crippen LogP contribution in [0.5, 0.6) is 0 Å². The first kappa shape index (κ1) is 30.9. The van der Waals surface area contributed by atoms with Gasteiger partial charge < -0.3 is 25.1 Å². The van der Waals surface area contributed by atoms with Crippen LogP contribution in [0.3, 0.4) is 0 Å². The summed E-state index contributed by atoms with van der Waals surface area (Å²) in [7, 11) is 0. The van der Waals surface area contributed by atoms with Gasteiger partial charge in [-0.2, -0.15) is 0 Å². The molecule has 0 radical (unpaired) electrons. The fraction of sp³-hybridized carbons (Fsp3) is 0.243. The summed E-state index contributed by atoms with van der Waals surface area (Å²) in [5.41, 5.74) is 14.7. The average molecular weight is 589 g/mol. The van der Waals surface area contributed by atoms with Crippen LogP contribution >= 0.6 is 0 Å². The second-order valence-corrected chi connectivity index (χ2v) is 10.8. The van der Waals surface area contributed by atoms with Gasteiger partial charge >= 0.3 is 0 Å². The van der Waals surface area contributed by atoms with Crippen LogP contribution < -0.4 is 11.1 Å². The van der Waals surface area contributed by atoms with Crippen molar-refractivity contribution in [3.05, 3.63) is 125 Å². The van der Waals surface area contributed by atoms with Crippen LogP contribution in [0.1, 0.15) is 27.0 Å². The molecule has 5 aromatic rings. The summed E-state index contributed by atoms with van der Waals surface area (Å²) in [5, 5.41) is 2.92. The number of hydrogen-bond donors (Lipinski definition) is 2. The molecule has 1 aromatic heterocycles. The van der Waals surface area contributed by atoms with E-state index in [0.29, 0.717) is 51.6 Å². The number of benzene rings is 4. The first-order chi connectivity index (χ1) is 21.5. The Kier molecular flexibility index (Phi) is 10.7. The number of ether oxygens (including phenoxy) is 2. The van der Waals surface area contributed by atoms with Crippen molar-refractivity contribution in [2.75, 3.05) is 39.5 Å². The zero-order valence-corrected chi connectivity index (χ0v) is 25.5. The minimum Gasteiger partial charge on any atom is -0.378 e. The molecular formula is C37H40N4O3. The van der Waals surface area contributed by atoms with Crippen LogP contribution in [-0.4, -0.2) is 55.0 Å². The number of aromatic nitrogens is 2. The van der Waals surface area contributed by atoms with E-state index in [9.17, 15) is 4.79 Å². The van der Waals surface area contributed by atoms with E-state index in [1.54, 1.807) is 0 Å². The van der Waals surface area contributed by atoms with Crippen molar-refractivity contribution >= 4 is 5.91 Å². The molecule has 1 heterocycles. The third kappa shape index (κ3) is 7.88. The highest BCUT2D eigenvalue weighted by Crippen LogP contribution is 2.37. The van der Waals surface area contributed by atoms with E-state index < -0.39 is 0 Å². The molecule has 0 spiro atoms. The van der Waals surface area contributed by atoms with Gasteiger partial charge in [-0.15, -0.1) is 0 Å². The van der Waals surface area contributed by atoms with Gasteiger partial charge in [0.1, 0.15) is 5.82 Å². The number of nitrogens with zero attached hydrogens (tertiary/aromatic N) is 2. The standard InChI is InChI=1S/C37H40N4O3/c1-27-8-14-30(15-9-27)34-35(31-16-10-28(2)11-17-31)41(36(40-34)32-6-4-3-5-7-32)26-29-12-18-33(19-13-29)37(42)39-21-23-44-25-24-43-22-20-38/h3-19H,20-26,38H2,1-2H3,(H,39,42). The quantitative estimate of drug-likeness (QED) is 0.149. The second kappa shape index (κ2) is 15.3. The molecule has 5 rings (SSSR count). The first-order valence-electron chi connectivity index (χ1n) is 15.1. The van der Waals surface area contributed by atoms with Crippen molar-refractivity contribution in [1.29, 1.82) is 0 Å². The normalized spacial score (nSPS) is 11.1. The molecule has 1 amide bonds. The molecule has 226 valence electrons. The minimum atomic E-state index is -0.130. The number of rotatable bonds is 14. The Balaban J connectivity index is 1.41. The largest absolute Gasteiger partial charge is 0.378 e. The third-order valence-electron chi connectivity index (χ3n) is 7.37. The molecule has 0 saturated heterocycles. The van der Waals surface area contributed by atoms with Gasteiger partial charge in [-0.1, -0.05) is 102 Å². The molecular weight excluding hydrogens is 548 g/mol. The van der Waals surface area contributed by atoms with E-state index in [0.717, 1.165) is 39.5 Å². The van der Waals surface area contributed by atoms with E-state index in [1.807, 2.05) is 42.5 Å². The molecule has 0 aliphatic carbocycles. The number of aryl methyl sites for hydroxylation is 2. The summed E-state index contributed by atoms with van der Waals surface area (Å²) in [6, 6.07) is 35.2. The van der Waals surface area contributed by atoms with Crippen molar-refractivity contribution in [2.24, 2.45) is 5.73 Å². The highest BCUT2D eigenvalue weighted by Gasteiger charge is 2.21. The molecule has 44 heavy (non-hydrogen) atoms. The maximum atomic E-state index is 12.8. The van der Waals surface area contributed by atoms with E-state index in [1.165, 1.54) is 11.1 Å². The van der Waals surface area contributed by atoms with Crippen LogP contribution in [0.4, 0.5) is 0 Å². The summed E-state index contributed by atoms with van der Waals surface area (Å²) >= 11 is 0. The fourth-order valence-corrected chi connectivity index (χ4v) is 5.02. The molecule has 0 aliphatic heterocycles. The predicted molar refractivity (Wildman–Crippen MR) is 177 cm³/mol. The molecule has 0 unspecified atom stereocenters. The van der Waals surface area contributed by atoms with E-state index in [-0.39, 0.29) is 5.91 Å². The van der Waals surface area contributed by atoms with Crippen molar-refractivity contribution in [1.82, 2.24) is 14.9 Å². The highest BCUT2D eigenvalue weighted by atomic mass is 16.5. The minimum absolute atomic E-state index is 0.130. The van der Waals surface area contributed by atoms with E-state index in [4.69, 9.17) is 20.2 Å². The molecule has 0 atom stereocenters. The highest BCUT2D eigenvalue weighted by molar-refractivity contribution is 5.94. The average Bonchev–Trinajstić information content (AvgIpc) is 3.42. The summed E-state index contributed by atoms with van der Waals surface area (Å²) in [6.07, 6.45) is 0. The third-order valence-corrected chi connectivity index (χ3v) is 7.37. The molecule has 4 aromatic carbocycles. The van der Waals surface area contributed by atoms with Gasteiger partial charge in [0.2, 0.25) is 0 Å². The van der Waals surface area contributed by atoms with Gasteiger partial charge in [0.15, 0.2) is 0 Å². The van der Waals surface area contributed by atoms with Crippen molar-refractivity contribution in [3.8, 4) is 33.9 Å². The number of hydrogen-bond acceptors (Lipinski definition) is 5. The summed E-state index contributed by atoms with van der Waals surface area (Å²) < 4.78 is 13.1. The van der Waals surface area contributed by atoms with Crippen LogP contribution in [0.2, 0.25) is 0 Å². The van der Waals surface area contributed by atoms with Crippen LogP contribution in [0.25, 0.3) is 33.9 Å².